The Labute approximate surface area is 164 Å². The fourth-order valence-electron chi connectivity index (χ4n) is 3.03. The van der Waals surface area contributed by atoms with Crippen LogP contribution in [0.5, 0.6) is 5.75 Å². The van der Waals surface area contributed by atoms with Crippen LogP contribution in [0, 0.1) is 0 Å². The third-order valence-corrected chi connectivity index (χ3v) is 4.67. The van der Waals surface area contributed by atoms with Crippen LogP contribution < -0.4 is 15.0 Å². The van der Waals surface area contributed by atoms with Crippen LogP contribution in [0.25, 0.3) is 16.9 Å². The lowest BCUT2D eigenvalue weighted by Crippen LogP contribution is -2.08. The maximum atomic E-state index is 5.20. The monoisotopic (exact) mass is 373 g/mol. The molecule has 6 heteroatoms. The van der Waals surface area contributed by atoms with Gasteiger partial charge in [-0.25, -0.2) is 9.50 Å². The summed E-state index contributed by atoms with van der Waals surface area (Å²) < 4.78 is 7.08. The number of hydrogen-bond acceptors (Lipinski definition) is 5. The van der Waals surface area contributed by atoms with Crippen molar-refractivity contribution < 1.29 is 4.74 Å². The smallest absolute Gasteiger partial charge is 0.154 e. The highest BCUT2D eigenvalue weighted by molar-refractivity contribution is 5.66. The molecule has 142 valence electrons. The van der Waals surface area contributed by atoms with E-state index in [0.29, 0.717) is 6.54 Å². The van der Waals surface area contributed by atoms with E-state index >= 15 is 0 Å². The van der Waals surface area contributed by atoms with E-state index in [4.69, 9.17) is 9.84 Å². The van der Waals surface area contributed by atoms with Crippen molar-refractivity contribution in [3.63, 3.8) is 0 Å². The van der Waals surface area contributed by atoms with Gasteiger partial charge in [0.25, 0.3) is 0 Å². The lowest BCUT2D eigenvalue weighted by atomic mass is 10.1. The average molecular weight is 373 g/mol. The lowest BCUT2D eigenvalue weighted by Gasteiger charge is -2.12. The van der Waals surface area contributed by atoms with Crippen molar-refractivity contribution in [1.29, 1.82) is 0 Å². The Hall–Kier alpha value is -3.54. The molecule has 0 atom stereocenters. The minimum absolute atomic E-state index is 0.685. The fourth-order valence-corrected chi connectivity index (χ4v) is 3.03. The number of anilines is 2. The standard InChI is InChI=1S/C22H23N5O/c1-26(2)18-8-6-17(7-9-18)20-15-24-22-13-12-21(25-27(20)22)23-14-16-4-10-19(28-3)11-5-16/h4-13,15H,14H2,1-3H3,(H,23,25). The summed E-state index contributed by atoms with van der Waals surface area (Å²) >= 11 is 0. The van der Waals surface area contributed by atoms with Crippen LogP contribution in [0.4, 0.5) is 11.5 Å². The van der Waals surface area contributed by atoms with Crippen LogP contribution in [0.1, 0.15) is 5.56 Å². The van der Waals surface area contributed by atoms with Gasteiger partial charge in [-0.1, -0.05) is 24.3 Å². The molecule has 28 heavy (non-hydrogen) atoms. The molecule has 2 heterocycles. The fraction of sp³-hybridized carbons (Fsp3) is 0.182. The second-order valence-electron chi connectivity index (χ2n) is 6.77. The minimum atomic E-state index is 0.685. The van der Waals surface area contributed by atoms with E-state index in [0.717, 1.165) is 39.7 Å². The van der Waals surface area contributed by atoms with Gasteiger partial charge in [0.15, 0.2) is 5.65 Å². The topological polar surface area (TPSA) is 54.7 Å². The van der Waals surface area contributed by atoms with E-state index in [9.17, 15) is 0 Å². The predicted molar refractivity (Wildman–Crippen MR) is 113 cm³/mol. The Morgan fingerprint density at radius 1 is 0.964 bits per heavy atom. The van der Waals surface area contributed by atoms with Crippen molar-refractivity contribution in [3.8, 4) is 17.0 Å². The number of nitrogens with zero attached hydrogens (tertiary/aromatic N) is 4. The van der Waals surface area contributed by atoms with Crippen LogP contribution in [0.15, 0.2) is 66.9 Å². The summed E-state index contributed by atoms with van der Waals surface area (Å²) in [7, 11) is 5.74. The Morgan fingerprint density at radius 2 is 1.71 bits per heavy atom. The zero-order chi connectivity index (χ0) is 19.5. The van der Waals surface area contributed by atoms with E-state index in [1.165, 1.54) is 0 Å². The van der Waals surface area contributed by atoms with Gasteiger partial charge < -0.3 is 15.0 Å². The van der Waals surface area contributed by atoms with Gasteiger partial charge in [0.1, 0.15) is 11.6 Å². The normalized spacial score (nSPS) is 10.8. The highest BCUT2D eigenvalue weighted by Gasteiger charge is 2.08. The molecule has 4 aromatic rings. The van der Waals surface area contributed by atoms with Gasteiger partial charge in [0, 0.05) is 31.9 Å². The number of imidazole rings is 1. The Morgan fingerprint density at radius 3 is 2.39 bits per heavy atom. The molecule has 0 aliphatic rings. The molecule has 0 aliphatic carbocycles. The number of ether oxygens (including phenoxy) is 1. The molecule has 1 N–H and O–H groups in total. The SMILES string of the molecule is COc1ccc(CNc2ccc3ncc(-c4ccc(N(C)C)cc4)n3n2)cc1. The first-order valence-corrected chi connectivity index (χ1v) is 9.13. The second-order valence-corrected chi connectivity index (χ2v) is 6.77. The van der Waals surface area contributed by atoms with Gasteiger partial charge in [0.05, 0.1) is 19.0 Å². The van der Waals surface area contributed by atoms with Crippen LogP contribution >= 0.6 is 0 Å². The van der Waals surface area contributed by atoms with Crippen LogP contribution in [0.3, 0.4) is 0 Å². The molecule has 0 saturated carbocycles. The number of aromatic nitrogens is 3. The summed E-state index contributed by atoms with van der Waals surface area (Å²) in [4.78, 5) is 6.56. The maximum absolute atomic E-state index is 5.20. The first-order chi connectivity index (χ1) is 13.6. The molecule has 2 aromatic carbocycles. The van der Waals surface area contributed by atoms with Gasteiger partial charge in [-0.2, -0.15) is 0 Å². The molecule has 0 saturated heterocycles. The number of rotatable bonds is 6. The molecule has 2 aromatic heterocycles. The summed E-state index contributed by atoms with van der Waals surface area (Å²) in [6.45, 7) is 0.685. The third kappa shape index (κ3) is 3.62. The van der Waals surface area contributed by atoms with Crippen molar-refractivity contribution in [2.45, 2.75) is 6.54 Å². The van der Waals surface area contributed by atoms with Gasteiger partial charge in [0.2, 0.25) is 0 Å². The van der Waals surface area contributed by atoms with Gasteiger partial charge >= 0.3 is 0 Å². The molecule has 0 aliphatic heterocycles. The highest BCUT2D eigenvalue weighted by atomic mass is 16.5. The van der Waals surface area contributed by atoms with Gasteiger partial charge in [-0.05, 0) is 42.0 Å². The molecule has 0 unspecified atom stereocenters. The zero-order valence-electron chi connectivity index (χ0n) is 16.3. The van der Waals surface area contributed by atoms with Gasteiger partial charge in [-0.3, -0.25) is 0 Å². The van der Waals surface area contributed by atoms with E-state index < -0.39 is 0 Å². The van der Waals surface area contributed by atoms with Crippen LogP contribution in [0.2, 0.25) is 0 Å². The minimum Gasteiger partial charge on any atom is -0.497 e. The van der Waals surface area contributed by atoms with E-state index in [2.05, 4.69) is 39.5 Å². The van der Waals surface area contributed by atoms with Crippen molar-refractivity contribution in [2.75, 3.05) is 31.4 Å². The number of nitrogens with one attached hydrogen (secondary N) is 1. The lowest BCUT2D eigenvalue weighted by molar-refractivity contribution is 0.414. The molecule has 0 amide bonds. The zero-order valence-corrected chi connectivity index (χ0v) is 16.3. The molecule has 4 rings (SSSR count). The first-order valence-electron chi connectivity index (χ1n) is 9.13. The summed E-state index contributed by atoms with van der Waals surface area (Å²) in [5, 5.41) is 8.10. The molecule has 0 spiro atoms. The predicted octanol–water partition coefficient (Wildman–Crippen LogP) is 4.08. The molecule has 6 nitrogen and oxygen atoms in total. The molecule has 0 fully saturated rings. The number of hydrogen-bond donors (Lipinski definition) is 1. The third-order valence-electron chi connectivity index (χ3n) is 4.67. The molecule has 0 bridgehead atoms. The van der Waals surface area contributed by atoms with Gasteiger partial charge in [-0.15, -0.1) is 5.10 Å². The Balaban J connectivity index is 1.56. The number of methoxy groups -OCH3 is 1. The van der Waals surface area contributed by atoms with Crippen LogP contribution in [-0.4, -0.2) is 35.8 Å². The summed E-state index contributed by atoms with van der Waals surface area (Å²) in [5.41, 5.74) is 5.19. The molecular formula is C22H23N5O. The molecular weight excluding hydrogens is 350 g/mol. The Bertz CT molecular complexity index is 1070. The molecule has 0 radical (unpaired) electrons. The summed E-state index contributed by atoms with van der Waals surface area (Å²) in [5.74, 6) is 1.65. The van der Waals surface area contributed by atoms with E-state index in [1.54, 1.807) is 7.11 Å². The Kier molecular flexibility index (Phi) is 4.85. The summed E-state index contributed by atoms with van der Waals surface area (Å²) in [6.07, 6.45) is 1.86. The largest absolute Gasteiger partial charge is 0.497 e. The maximum Gasteiger partial charge on any atom is 0.154 e. The number of fused-ring (bicyclic) bond motifs is 1. The van der Waals surface area contributed by atoms with Crippen molar-refractivity contribution in [1.82, 2.24) is 14.6 Å². The van der Waals surface area contributed by atoms with Crippen molar-refractivity contribution in [3.05, 3.63) is 72.4 Å². The van der Waals surface area contributed by atoms with Crippen LogP contribution in [-0.2, 0) is 6.54 Å². The first kappa shape index (κ1) is 17.9. The van der Waals surface area contributed by atoms with E-state index in [1.807, 2.05) is 61.2 Å². The quantitative estimate of drug-likeness (QED) is 0.552. The second kappa shape index (κ2) is 7.60. The highest BCUT2D eigenvalue weighted by Crippen LogP contribution is 2.23. The number of benzene rings is 2. The van der Waals surface area contributed by atoms with Crippen molar-refractivity contribution in [2.24, 2.45) is 0 Å². The average Bonchev–Trinajstić information content (AvgIpc) is 3.16. The van der Waals surface area contributed by atoms with E-state index in [-0.39, 0.29) is 0 Å². The van der Waals surface area contributed by atoms with Crippen molar-refractivity contribution >= 4 is 17.2 Å². The summed E-state index contributed by atoms with van der Waals surface area (Å²) in [6, 6.07) is 20.3.